The van der Waals surface area contributed by atoms with Crippen LogP contribution < -0.4 is 10.5 Å². The lowest BCUT2D eigenvalue weighted by atomic mass is 9.97. The van der Waals surface area contributed by atoms with Gasteiger partial charge in [-0.3, -0.25) is 4.79 Å². The van der Waals surface area contributed by atoms with E-state index in [9.17, 15) is 4.79 Å². The van der Waals surface area contributed by atoms with Crippen molar-refractivity contribution in [1.29, 1.82) is 0 Å². The Hall–Kier alpha value is -1.39. The summed E-state index contributed by atoms with van der Waals surface area (Å²) in [4.78, 5) is 12.2. The highest BCUT2D eigenvalue weighted by atomic mass is 16.5. The fraction of sp³-hybridized carbons (Fsp3) is 0.500. The summed E-state index contributed by atoms with van der Waals surface area (Å²) in [6.07, 6.45) is 0.505. The third-order valence-corrected chi connectivity index (χ3v) is 3.12. The molecule has 1 aromatic carbocycles. The fourth-order valence-electron chi connectivity index (χ4n) is 1.82. The lowest BCUT2D eigenvalue weighted by Crippen LogP contribution is -2.32. The molecule has 0 spiro atoms. The highest BCUT2D eigenvalue weighted by Crippen LogP contribution is 2.27. The Morgan fingerprint density at radius 2 is 2.00 bits per heavy atom. The van der Waals surface area contributed by atoms with E-state index in [4.69, 9.17) is 15.2 Å². The monoisotopic (exact) mass is 251 g/mol. The predicted octanol–water partition coefficient (Wildman–Crippen LogP) is 1.86. The summed E-state index contributed by atoms with van der Waals surface area (Å²) in [7, 11) is 3.16. The minimum absolute atomic E-state index is 0.105. The van der Waals surface area contributed by atoms with Gasteiger partial charge in [0.15, 0.2) is 5.78 Å². The molecule has 0 aliphatic carbocycles. The van der Waals surface area contributed by atoms with Gasteiger partial charge in [0.25, 0.3) is 0 Å². The predicted molar refractivity (Wildman–Crippen MR) is 71.3 cm³/mol. The number of aryl methyl sites for hydroxylation is 1. The molecule has 2 N–H and O–H groups in total. The zero-order chi connectivity index (χ0) is 13.7. The number of rotatable bonds is 6. The Morgan fingerprint density at radius 1 is 1.33 bits per heavy atom. The van der Waals surface area contributed by atoms with Crippen molar-refractivity contribution in [3.8, 4) is 5.75 Å². The minimum Gasteiger partial charge on any atom is -0.496 e. The van der Waals surface area contributed by atoms with Crippen LogP contribution in [0.3, 0.4) is 0 Å². The van der Waals surface area contributed by atoms with Crippen LogP contribution in [0.4, 0.5) is 0 Å². The van der Waals surface area contributed by atoms with Crippen LogP contribution in [-0.2, 0) is 4.74 Å². The largest absolute Gasteiger partial charge is 0.496 e. The molecule has 1 rings (SSSR count). The first-order valence-electron chi connectivity index (χ1n) is 5.95. The molecule has 0 amide bonds. The van der Waals surface area contributed by atoms with Gasteiger partial charge in [0, 0.05) is 13.7 Å². The maximum absolute atomic E-state index is 12.2. The number of carbonyl (C=O) groups is 1. The number of carbonyl (C=O) groups excluding carboxylic acids is 1. The van der Waals surface area contributed by atoms with Crippen LogP contribution in [0.2, 0.25) is 0 Å². The van der Waals surface area contributed by atoms with E-state index in [1.165, 1.54) is 0 Å². The first-order chi connectivity index (χ1) is 8.52. The number of nitrogens with two attached hydrogens (primary N) is 1. The molecule has 1 atom stereocenters. The van der Waals surface area contributed by atoms with E-state index in [0.29, 0.717) is 24.3 Å². The first-order valence-corrected chi connectivity index (χ1v) is 5.95. The molecular formula is C14H21NO3. The molecule has 0 fully saturated rings. The van der Waals surface area contributed by atoms with Gasteiger partial charge in [-0.1, -0.05) is 6.07 Å². The van der Waals surface area contributed by atoms with Gasteiger partial charge < -0.3 is 15.2 Å². The van der Waals surface area contributed by atoms with Crippen LogP contribution >= 0.6 is 0 Å². The summed E-state index contributed by atoms with van der Waals surface area (Å²) in [6.45, 7) is 4.39. The number of ketones is 1. The third kappa shape index (κ3) is 3.09. The van der Waals surface area contributed by atoms with Crippen molar-refractivity contribution in [1.82, 2.24) is 0 Å². The molecule has 0 saturated carbocycles. The molecule has 0 aliphatic rings. The summed E-state index contributed by atoms with van der Waals surface area (Å²) in [5.41, 5.74) is 8.47. The number of benzene rings is 1. The maximum atomic E-state index is 12.2. The van der Waals surface area contributed by atoms with Gasteiger partial charge >= 0.3 is 0 Å². The molecule has 18 heavy (non-hydrogen) atoms. The van der Waals surface area contributed by atoms with Crippen LogP contribution in [0.15, 0.2) is 12.1 Å². The zero-order valence-electron chi connectivity index (χ0n) is 11.4. The van der Waals surface area contributed by atoms with Crippen LogP contribution in [0.1, 0.15) is 27.9 Å². The highest BCUT2D eigenvalue weighted by Gasteiger charge is 2.21. The van der Waals surface area contributed by atoms with Gasteiger partial charge in [-0.15, -0.1) is 0 Å². The molecular weight excluding hydrogens is 230 g/mol. The Kier molecular flexibility index (Phi) is 5.31. The van der Waals surface area contributed by atoms with Gasteiger partial charge in [0.1, 0.15) is 5.75 Å². The number of hydrogen-bond donors (Lipinski definition) is 1. The van der Waals surface area contributed by atoms with E-state index in [1.807, 2.05) is 19.9 Å². The fourth-order valence-corrected chi connectivity index (χ4v) is 1.82. The molecule has 4 heteroatoms. The lowest BCUT2D eigenvalue weighted by Gasteiger charge is -2.15. The first kappa shape index (κ1) is 14.7. The molecule has 1 aromatic rings. The normalized spacial score (nSPS) is 12.3. The number of Topliss-reactive ketones (excluding diaryl/α,β-unsaturated/α-hetero) is 1. The second kappa shape index (κ2) is 6.52. The average Bonchev–Trinajstić information content (AvgIpc) is 2.38. The van der Waals surface area contributed by atoms with Gasteiger partial charge in [-0.05, 0) is 37.5 Å². The van der Waals surface area contributed by atoms with Crippen molar-refractivity contribution in [2.24, 2.45) is 5.73 Å². The van der Waals surface area contributed by atoms with Gasteiger partial charge in [-0.25, -0.2) is 0 Å². The minimum atomic E-state index is -0.555. The zero-order valence-corrected chi connectivity index (χ0v) is 11.4. The summed E-state index contributed by atoms with van der Waals surface area (Å²) in [5.74, 6) is 0.514. The summed E-state index contributed by atoms with van der Waals surface area (Å²) in [6, 6.07) is 3.13. The Morgan fingerprint density at radius 3 is 2.56 bits per heavy atom. The molecule has 0 aromatic heterocycles. The van der Waals surface area contributed by atoms with Gasteiger partial charge in [0.05, 0.1) is 18.7 Å². The molecule has 0 bridgehead atoms. The molecule has 0 heterocycles. The second-order valence-electron chi connectivity index (χ2n) is 4.34. The van der Waals surface area contributed by atoms with Crippen molar-refractivity contribution < 1.29 is 14.3 Å². The quantitative estimate of drug-likeness (QED) is 0.784. The smallest absolute Gasteiger partial charge is 0.183 e. The van der Waals surface area contributed by atoms with Gasteiger partial charge in [-0.2, -0.15) is 0 Å². The van der Waals surface area contributed by atoms with Crippen molar-refractivity contribution in [2.75, 3.05) is 20.8 Å². The van der Waals surface area contributed by atoms with E-state index < -0.39 is 6.04 Å². The van der Waals surface area contributed by atoms with Gasteiger partial charge in [0.2, 0.25) is 0 Å². The SMILES string of the molecule is COCCC(N)C(=O)c1ccc(C)c(C)c1OC. The van der Waals surface area contributed by atoms with Crippen molar-refractivity contribution in [3.63, 3.8) is 0 Å². The van der Waals surface area contributed by atoms with E-state index in [0.717, 1.165) is 11.1 Å². The molecule has 4 nitrogen and oxygen atoms in total. The average molecular weight is 251 g/mol. The topological polar surface area (TPSA) is 61.5 Å². The van der Waals surface area contributed by atoms with Crippen LogP contribution in [0.5, 0.6) is 5.75 Å². The molecule has 0 saturated heterocycles. The van der Waals surface area contributed by atoms with Crippen LogP contribution in [-0.4, -0.2) is 32.7 Å². The lowest BCUT2D eigenvalue weighted by molar-refractivity contribution is 0.0932. The van der Waals surface area contributed by atoms with Crippen LogP contribution in [0, 0.1) is 13.8 Å². The Balaban J connectivity index is 3.02. The highest BCUT2D eigenvalue weighted by molar-refractivity contribution is 6.02. The number of hydrogen-bond acceptors (Lipinski definition) is 4. The third-order valence-electron chi connectivity index (χ3n) is 3.12. The van der Waals surface area contributed by atoms with Crippen molar-refractivity contribution >= 4 is 5.78 Å². The molecule has 0 radical (unpaired) electrons. The standard InChI is InChI=1S/C14H21NO3/c1-9-5-6-11(14(18-4)10(9)2)13(16)12(15)7-8-17-3/h5-6,12H,7-8,15H2,1-4H3. The molecule has 1 unspecified atom stereocenters. The van der Waals surface area contributed by atoms with E-state index in [-0.39, 0.29) is 5.78 Å². The van der Waals surface area contributed by atoms with Crippen molar-refractivity contribution in [3.05, 3.63) is 28.8 Å². The van der Waals surface area contributed by atoms with E-state index >= 15 is 0 Å². The van der Waals surface area contributed by atoms with E-state index in [1.54, 1.807) is 20.3 Å². The number of methoxy groups -OCH3 is 2. The number of ether oxygens (including phenoxy) is 2. The second-order valence-corrected chi connectivity index (χ2v) is 4.34. The molecule has 0 aliphatic heterocycles. The Labute approximate surface area is 108 Å². The summed E-state index contributed by atoms with van der Waals surface area (Å²) < 4.78 is 10.3. The van der Waals surface area contributed by atoms with E-state index in [2.05, 4.69) is 0 Å². The molecule has 100 valence electrons. The Bertz CT molecular complexity index is 429. The summed E-state index contributed by atoms with van der Waals surface area (Å²) >= 11 is 0. The van der Waals surface area contributed by atoms with Crippen LogP contribution in [0.25, 0.3) is 0 Å². The maximum Gasteiger partial charge on any atom is 0.183 e. The summed E-state index contributed by atoms with van der Waals surface area (Å²) in [5, 5.41) is 0. The van der Waals surface area contributed by atoms with Crippen molar-refractivity contribution in [2.45, 2.75) is 26.3 Å².